The summed E-state index contributed by atoms with van der Waals surface area (Å²) in [6.07, 6.45) is -0.254. The first kappa shape index (κ1) is 15.3. The molecule has 0 aliphatic carbocycles. The molecule has 0 unspecified atom stereocenters. The van der Waals surface area contributed by atoms with Gasteiger partial charge in [0, 0.05) is 12.9 Å². The number of carbonyl (C=O) groups is 1. The Morgan fingerprint density at radius 3 is 2.90 bits per heavy atom. The summed E-state index contributed by atoms with van der Waals surface area (Å²) in [6, 6.07) is 8.91. The van der Waals surface area contributed by atoms with Crippen LogP contribution in [-0.2, 0) is 18.9 Å². The first-order chi connectivity index (χ1) is 9.79. The molecule has 0 spiro atoms. The Morgan fingerprint density at radius 1 is 1.35 bits per heavy atom. The highest BCUT2D eigenvalue weighted by molar-refractivity contribution is 8.00. The van der Waals surface area contributed by atoms with Gasteiger partial charge in [-0.05, 0) is 12.1 Å². The maximum Gasteiger partial charge on any atom is 0.338 e. The van der Waals surface area contributed by atoms with E-state index in [1.807, 2.05) is 6.07 Å². The second kappa shape index (κ2) is 8.26. The summed E-state index contributed by atoms with van der Waals surface area (Å²) in [5, 5.41) is 0. The molecule has 1 aromatic carbocycles. The van der Waals surface area contributed by atoms with E-state index in [4.69, 9.17) is 18.9 Å². The molecule has 1 aromatic rings. The van der Waals surface area contributed by atoms with E-state index in [1.165, 1.54) is 0 Å². The number of benzene rings is 1. The molecule has 1 saturated heterocycles. The molecule has 0 bridgehead atoms. The molecule has 0 N–H and O–H groups in total. The van der Waals surface area contributed by atoms with Crippen molar-refractivity contribution in [3.05, 3.63) is 35.9 Å². The quantitative estimate of drug-likeness (QED) is 0.566. The summed E-state index contributed by atoms with van der Waals surface area (Å²) in [4.78, 5) is 11.8. The molecule has 5 nitrogen and oxygen atoms in total. The maximum atomic E-state index is 11.8. The van der Waals surface area contributed by atoms with Gasteiger partial charge in [-0.25, -0.2) is 4.79 Å². The van der Waals surface area contributed by atoms with Crippen molar-refractivity contribution in [2.24, 2.45) is 0 Å². The van der Waals surface area contributed by atoms with Gasteiger partial charge in [0.05, 0.1) is 18.8 Å². The smallest absolute Gasteiger partial charge is 0.338 e. The van der Waals surface area contributed by atoms with E-state index in [0.717, 1.165) is 5.75 Å². The van der Waals surface area contributed by atoms with E-state index in [0.29, 0.717) is 18.8 Å². The third kappa shape index (κ3) is 4.79. The minimum atomic E-state index is -0.335. The van der Waals surface area contributed by atoms with Crippen molar-refractivity contribution < 1.29 is 23.7 Å². The molecule has 0 saturated carbocycles. The first-order valence-electron chi connectivity index (χ1n) is 6.39. The van der Waals surface area contributed by atoms with E-state index >= 15 is 0 Å². The molecule has 1 aliphatic heterocycles. The minimum Gasteiger partial charge on any atom is -0.458 e. The normalized spacial score (nSPS) is 21.9. The number of hydrogen-bond acceptors (Lipinski definition) is 6. The summed E-state index contributed by atoms with van der Waals surface area (Å²) >= 11 is 1.58. The Labute approximate surface area is 122 Å². The van der Waals surface area contributed by atoms with Crippen molar-refractivity contribution in [2.45, 2.75) is 11.7 Å². The van der Waals surface area contributed by atoms with Crippen LogP contribution in [0.1, 0.15) is 10.4 Å². The molecule has 0 amide bonds. The number of esters is 1. The van der Waals surface area contributed by atoms with Crippen molar-refractivity contribution in [2.75, 3.05) is 32.7 Å². The van der Waals surface area contributed by atoms with E-state index in [2.05, 4.69) is 0 Å². The first-order valence-corrected chi connectivity index (χ1v) is 7.44. The zero-order valence-corrected chi connectivity index (χ0v) is 12.1. The van der Waals surface area contributed by atoms with Crippen LogP contribution in [-0.4, -0.2) is 50.4 Å². The van der Waals surface area contributed by atoms with Gasteiger partial charge in [-0.15, -0.1) is 11.8 Å². The number of carbonyl (C=O) groups excluding carboxylic acids is 1. The van der Waals surface area contributed by atoms with E-state index in [-0.39, 0.29) is 24.3 Å². The molecule has 6 heteroatoms. The lowest BCUT2D eigenvalue weighted by Crippen LogP contribution is -2.21. The predicted molar refractivity (Wildman–Crippen MR) is 75.7 cm³/mol. The van der Waals surface area contributed by atoms with Crippen molar-refractivity contribution in [1.29, 1.82) is 0 Å². The van der Waals surface area contributed by atoms with Crippen LogP contribution in [0, 0.1) is 0 Å². The largest absolute Gasteiger partial charge is 0.458 e. The highest BCUT2D eigenvalue weighted by Gasteiger charge is 2.27. The van der Waals surface area contributed by atoms with Crippen LogP contribution >= 0.6 is 11.8 Å². The Hall–Kier alpha value is -1.08. The number of hydrogen-bond donors (Lipinski definition) is 0. The summed E-state index contributed by atoms with van der Waals surface area (Å²) < 4.78 is 21.2. The number of rotatable bonds is 7. The summed E-state index contributed by atoms with van der Waals surface area (Å²) in [5.74, 6) is 0.399. The zero-order chi connectivity index (χ0) is 14.2. The number of methoxy groups -OCH3 is 1. The Kier molecular flexibility index (Phi) is 6.32. The molecule has 1 fully saturated rings. The third-order valence-corrected chi connectivity index (χ3v) is 3.76. The summed E-state index contributed by atoms with van der Waals surface area (Å²) in [6.45, 7) is 1.26. The van der Waals surface area contributed by atoms with Crippen LogP contribution in [0.5, 0.6) is 0 Å². The predicted octanol–water partition coefficient (Wildman–Crippen LogP) is 1.92. The number of thioether (sulfide) groups is 1. The van der Waals surface area contributed by atoms with Crippen LogP contribution in [0.4, 0.5) is 0 Å². The van der Waals surface area contributed by atoms with Gasteiger partial charge < -0.3 is 18.9 Å². The molecule has 1 heterocycles. The van der Waals surface area contributed by atoms with E-state index < -0.39 is 0 Å². The van der Waals surface area contributed by atoms with E-state index in [1.54, 1.807) is 43.1 Å². The lowest BCUT2D eigenvalue weighted by molar-refractivity contribution is -0.139. The maximum absolute atomic E-state index is 11.8. The topological polar surface area (TPSA) is 54.0 Å². The SMILES string of the molecule is COCCO[C@H]1CS[C@@H](COC(=O)c2ccccc2)O1. The van der Waals surface area contributed by atoms with Crippen LogP contribution in [0.2, 0.25) is 0 Å². The number of ether oxygens (including phenoxy) is 4. The van der Waals surface area contributed by atoms with Gasteiger partial charge in [0.25, 0.3) is 0 Å². The average molecular weight is 298 g/mol. The molecule has 0 radical (unpaired) electrons. The zero-order valence-electron chi connectivity index (χ0n) is 11.3. The molecule has 2 rings (SSSR count). The van der Waals surface area contributed by atoms with Gasteiger partial charge in [-0.3, -0.25) is 0 Å². The fourth-order valence-electron chi connectivity index (χ4n) is 1.67. The fraction of sp³-hybridized carbons (Fsp3) is 0.500. The fourth-order valence-corrected chi connectivity index (χ4v) is 2.59. The Balaban J connectivity index is 1.67. The Morgan fingerprint density at radius 2 is 2.15 bits per heavy atom. The van der Waals surface area contributed by atoms with Gasteiger partial charge in [0.1, 0.15) is 12.0 Å². The summed E-state index contributed by atoms with van der Waals surface area (Å²) in [7, 11) is 1.62. The van der Waals surface area contributed by atoms with Crippen LogP contribution in [0.25, 0.3) is 0 Å². The molecule has 110 valence electrons. The van der Waals surface area contributed by atoms with Gasteiger partial charge >= 0.3 is 5.97 Å². The van der Waals surface area contributed by atoms with Crippen LogP contribution in [0.3, 0.4) is 0 Å². The third-order valence-electron chi connectivity index (χ3n) is 2.67. The van der Waals surface area contributed by atoms with Crippen LogP contribution < -0.4 is 0 Å². The monoisotopic (exact) mass is 298 g/mol. The molecular weight excluding hydrogens is 280 g/mol. The van der Waals surface area contributed by atoms with E-state index in [9.17, 15) is 4.79 Å². The lowest BCUT2D eigenvalue weighted by atomic mass is 10.2. The van der Waals surface area contributed by atoms with Crippen molar-refractivity contribution >= 4 is 17.7 Å². The highest BCUT2D eigenvalue weighted by atomic mass is 32.2. The van der Waals surface area contributed by atoms with Crippen molar-refractivity contribution in [3.8, 4) is 0 Å². The standard InChI is InChI=1S/C14H18O5S/c1-16-7-8-17-12-10-20-13(19-12)9-18-14(15)11-5-3-2-4-6-11/h2-6,12-13H,7-10H2,1H3/t12-,13+/m1/s1. The Bertz CT molecular complexity index is 411. The van der Waals surface area contributed by atoms with Gasteiger partial charge in [-0.2, -0.15) is 0 Å². The second-order valence-electron chi connectivity index (χ2n) is 4.16. The van der Waals surface area contributed by atoms with Crippen molar-refractivity contribution in [3.63, 3.8) is 0 Å². The molecule has 20 heavy (non-hydrogen) atoms. The molecule has 1 aliphatic rings. The van der Waals surface area contributed by atoms with Gasteiger partial charge in [-0.1, -0.05) is 18.2 Å². The molecule has 2 atom stereocenters. The molecular formula is C14H18O5S. The van der Waals surface area contributed by atoms with Crippen LogP contribution in [0.15, 0.2) is 30.3 Å². The second-order valence-corrected chi connectivity index (χ2v) is 5.35. The van der Waals surface area contributed by atoms with Gasteiger partial charge in [0.15, 0.2) is 6.29 Å². The average Bonchev–Trinajstić information content (AvgIpc) is 2.94. The highest BCUT2D eigenvalue weighted by Crippen LogP contribution is 2.26. The van der Waals surface area contributed by atoms with Gasteiger partial charge in [0.2, 0.25) is 0 Å². The van der Waals surface area contributed by atoms with Crippen molar-refractivity contribution in [1.82, 2.24) is 0 Å². The lowest BCUT2D eigenvalue weighted by Gasteiger charge is -2.13. The summed E-state index contributed by atoms with van der Waals surface area (Å²) in [5.41, 5.74) is 0.374. The molecule has 0 aromatic heterocycles. The minimum absolute atomic E-state index is 0.171.